The Bertz CT molecular complexity index is 336. The highest BCUT2D eigenvalue weighted by atomic mass is 79.9. The van der Waals surface area contributed by atoms with E-state index in [9.17, 15) is 0 Å². The Kier molecular flexibility index (Phi) is 5.50. The summed E-state index contributed by atoms with van der Waals surface area (Å²) in [6, 6.07) is 7.11. The Hall–Kier alpha value is -0.340. The molecule has 0 saturated heterocycles. The lowest BCUT2D eigenvalue weighted by Crippen LogP contribution is -2.23. The lowest BCUT2D eigenvalue weighted by molar-refractivity contribution is 0.384. The van der Waals surface area contributed by atoms with Crippen LogP contribution in [0.5, 0.6) is 0 Å². The molecule has 0 amide bonds. The van der Waals surface area contributed by atoms with Crippen molar-refractivity contribution in [3.63, 3.8) is 0 Å². The van der Waals surface area contributed by atoms with E-state index in [0.717, 1.165) is 0 Å². The molecule has 1 aromatic carbocycles. The van der Waals surface area contributed by atoms with Gasteiger partial charge >= 0.3 is 0 Å². The van der Waals surface area contributed by atoms with Gasteiger partial charge in [-0.15, -0.1) is 0 Å². The third-order valence-corrected chi connectivity index (χ3v) is 4.03. The Balaban J connectivity index is 2.90. The molecule has 1 aromatic rings. The molecule has 0 aromatic heterocycles. The first-order chi connectivity index (χ1) is 7.60. The van der Waals surface area contributed by atoms with E-state index in [0.29, 0.717) is 12.0 Å². The van der Waals surface area contributed by atoms with Gasteiger partial charge in [-0.2, -0.15) is 0 Å². The van der Waals surface area contributed by atoms with Gasteiger partial charge in [-0.05, 0) is 43.5 Å². The van der Waals surface area contributed by atoms with Crippen molar-refractivity contribution in [3.8, 4) is 0 Å². The van der Waals surface area contributed by atoms with Crippen molar-refractivity contribution in [3.05, 3.63) is 33.8 Å². The maximum absolute atomic E-state index is 3.60. The summed E-state index contributed by atoms with van der Waals surface area (Å²) in [6.07, 6.45) is 2.50. The van der Waals surface area contributed by atoms with Crippen LogP contribution in [0.15, 0.2) is 22.7 Å². The standard InChI is InChI=1S/C14H22BrN/c1-5-6-11(3)14(16-4)12-8-7-10(2)13(15)9-12/h7-9,11,14,16H,5-6H2,1-4H3. The van der Waals surface area contributed by atoms with Crippen molar-refractivity contribution in [1.29, 1.82) is 0 Å². The molecular formula is C14H22BrN. The zero-order valence-electron chi connectivity index (χ0n) is 10.7. The van der Waals surface area contributed by atoms with Crippen LogP contribution in [0.2, 0.25) is 0 Å². The molecule has 2 atom stereocenters. The summed E-state index contributed by atoms with van der Waals surface area (Å²) >= 11 is 3.60. The van der Waals surface area contributed by atoms with Gasteiger partial charge in [-0.1, -0.05) is 48.3 Å². The number of rotatable bonds is 5. The van der Waals surface area contributed by atoms with Gasteiger partial charge in [0.15, 0.2) is 0 Å². The molecule has 0 radical (unpaired) electrons. The zero-order chi connectivity index (χ0) is 12.1. The summed E-state index contributed by atoms with van der Waals surface area (Å²) in [6.45, 7) is 6.68. The number of hydrogen-bond acceptors (Lipinski definition) is 1. The van der Waals surface area contributed by atoms with Crippen LogP contribution < -0.4 is 5.32 Å². The van der Waals surface area contributed by atoms with E-state index in [1.165, 1.54) is 28.4 Å². The fraction of sp³-hybridized carbons (Fsp3) is 0.571. The molecule has 0 saturated carbocycles. The van der Waals surface area contributed by atoms with Crippen LogP contribution in [-0.4, -0.2) is 7.05 Å². The largest absolute Gasteiger partial charge is 0.313 e. The van der Waals surface area contributed by atoms with Crippen LogP contribution in [0.4, 0.5) is 0 Å². The first kappa shape index (κ1) is 13.7. The third kappa shape index (κ3) is 3.33. The van der Waals surface area contributed by atoms with Gasteiger partial charge in [0.2, 0.25) is 0 Å². The van der Waals surface area contributed by atoms with E-state index in [1.54, 1.807) is 0 Å². The lowest BCUT2D eigenvalue weighted by atomic mass is 9.91. The average Bonchev–Trinajstić information content (AvgIpc) is 2.25. The first-order valence-corrected chi connectivity index (χ1v) is 6.82. The number of hydrogen-bond donors (Lipinski definition) is 1. The van der Waals surface area contributed by atoms with E-state index >= 15 is 0 Å². The van der Waals surface area contributed by atoms with Crippen LogP contribution in [0.1, 0.15) is 43.9 Å². The Morgan fingerprint density at radius 2 is 2.06 bits per heavy atom. The van der Waals surface area contributed by atoms with Crippen molar-refractivity contribution in [2.75, 3.05) is 7.05 Å². The molecule has 2 heteroatoms. The molecule has 1 N–H and O–H groups in total. The van der Waals surface area contributed by atoms with Gasteiger partial charge in [0, 0.05) is 10.5 Å². The minimum atomic E-state index is 0.455. The quantitative estimate of drug-likeness (QED) is 0.842. The second-order valence-electron chi connectivity index (χ2n) is 4.54. The highest BCUT2D eigenvalue weighted by Gasteiger charge is 2.17. The van der Waals surface area contributed by atoms with Crippen LogP contribution in [-0.2, 0) is 0 Å². The second kappa shape index (κ2) is 6.41. The summed E-state index contributed by atoms with van der Waals surface area (Å²) in [7, 11) is 2.05. The normalized spacial score (nSPS) is 14.8. The molecule has 1 nitrogen and oxygen atoms in total. The monoisotopic (exact) mass is 283 g/mol. The second-order valence-corrected chi connectivity index (χ2v) is 5.40. The topological polar surface area (TPSA) is 12.0 Å². The van der Waals surface area contributed by atoms with Crippen molar-refractivity contribution in [2.24, 2.45) is 5.92 Å². The van der Waals surface area contributed by atoms with Crippen molar-refractivity contribution in [1.82, 2.24) is 5.32 Å². The zero-order valence-corrected chi connectivity index (χ0v) is 12.3. The van der Waals surface area contributed by atoms with E-state index < -0.39 is 0 Å². The predicted molar refractivity (Wildman–Crippen MR) is 74.8 cm³/mol. The molecular weight excluding hydrogens is 262 g/mol. The SMILES string of the molecule is CCCC(C)C(NC)c1ccc(C)c(Br)c1. The molecule has 0 heterocycles. The summed E-state index contributed by atoms with van der Waals surface area (Å²) in [4.78, 5) is 0. The molecule has 2 unspecified atom stereocenters. The molecule has 0 aliphatic rings. The maximum atomic E-state index is 3.60. The van der Waals surface area contributed by atoms with Gasteiger partial charge in [-0.25, -0.2) is 0 Å². The predicted octanol–water partition coefficient (Wildman–Crippen LogP) is 4.45. The third-order valence-electron chi connectivity index (χ3n) is 3.18. The molecule has 16 heavy (non-hydrogen) atoms. The maximum Gasteiger partial charge on any atom is 0.0343 e. The molecule has 0 aliphatic carbocycles. The molecule has 0 aliphatic heterocycles. The van der Waals surface area contributed by atoms with Crippen LogP contribution in [0.25, 0.3) is 0 Å². The van der Waals surface area contributed by atoms with E-state index in [1.807, 2.05) is 7.05 Å². The van der Waals surface area contributed by atoms with Crippen LogP contribution in [0, 0.1) is 12.8 Å². The van der Waals surface area contributed by atoms with Crippen molar-refractivity contribution >= 4 is 15.9 Å². The van der Waals surface area contributed by atoms with Crippen LogP contribution >= 0.6 is 15.9 Å². The van der Waals surface area contributed by atoms with E-state index in [4.69, 9.17) is 0 Å². The van der Waals surface area contributed by atoms with Gasteiger partial charge in [-0.3, -0.25) is 0 Å². The number of halogens is 1. The lowest BCUT2D eigenvalue weighted by Gasteiger charge is -2.24. The van der Waals surface area contributed by atoms with Gasteiger partial charge in [0.1, 0.15) is 0 Å². The Morgan fingerprint density at radius 3 is 2.56 bits per heavy atom. The minimum absolute atomic E-state index is 0.455. The number of benzene rings is 1. The average molecular weight is 284 g/mol. The van der Waals surface area contributed by atoms with Gasteiger partial charge in [0.05, 0.1) is 0 Å². The van der Waals surface area contributed by atoms with E-state index in [2.05, 4.69) is 60.2 Å². The minimum Gasteiger partial charge on any atom is -0.313 e. The summed E-state index contributed by atoms with van der Waals surface area (Å²) < 4.78 is 1.20. The fourth-order valence-electron chi connectivity index (χ4n) is 2.20. The molecule has 0 fully saturated rings. The summed E-state index contributed by atoms with van der Waals surface area (Å²) in [5.41, 5.74) is 2.67. The molecule has 0 spiro atoms. The van der Waals surface area contributed by atoms with Crippen LogP contribution in [0.3, 0.4) is 0 Å². The molecule has 90 valence electrons. The smallest absolute Gasteiger partial charge is 0.0343 e. The Labute approximate surface area is 108 Å². The van der Waals surface area contributed by atoms with Gasteiger partial charge in [0.25, 0.3) is 0 Å². The van der Waals surface area contributed by atoms with Gasteiger partial charge < -0.3 is 5.32 Å². The summed E-state index contributed by atoms with van der Waals surface area (Å²) in [5.74, 6) is 0.671. The number of nitrogens with one attached hydrogen (secondary N) is 1. The van der Waals surface area contributed by atoms with Crippen molar-refractivity contribution in [2.45, 2.75) is 39.7 Å². The molecule has 0 bridgehead atoms. The highest BCUT2D eigenvalue weighted by Crippen LogP contribution is 2.28. The first-order valence-electron chi connectivity index (χ1n) is 6.03. The van der Waals surface area contributed by atoms with E-state index in [-0.39, 0.29) is 0 Å². The van der Waals surface area contributed by atoms with Crippen molar-refractivity contribution < 1.29 is 0 Å². The number of aryl methyl sites for hydroxylation is 1. The highest BCUT2D eigenvalue weighted by molar-refractivity contribution is 9.10. The summed E-state index contributed by atoms with van der Waals surface area (Å²) in [5, 5.41) is 3.43. The molecule has 1 rings (SSSR count). The Morgan fingerprint density at radius 1 is 1.38 bits per heavy atom. The fourth-order valence-corrected chi connectivity index (χ4v) is 2.60.